The van der Waals surface area contributed by atoms with Gasteiger partial charge < -0.3 is 15.2 Å². The Labute approximate surface area is 127 Å². The number of hydrogen-bond acceptors (Lipinski definition) is 4. The highest BCUT2D eigenvalue weighted by Gasteiger charge is 2.18. The second-order valence-electron chi connectivity index (χ2n) is 5.36. The number of benzene rings is 1. The van der Waals surface area contributed by atoms with E-state index in [0.29, 0.717) is 19.8 Å². The molecule has 5 nitrogen and oxygen atoms in total. The van der Waals surface area contributed by atoms with Crippen molar-refractivity contribution in [1.29, 1.82) is 0 Å². The largest absolute Gasteiger partial charge is 0.390 e. The summed E-state index contributed by atoms with van der Waals surface area (Å²) in [5, 5.41) is 12.3. The first-order valence-corrected chi connectivity index (χ1v) is 7.19. The maximum atomic E-state index is 13.7. The number of nitrogens with zero attached hydrogens (tertiary/aromatic N) is 1. The van der Waals surface area contributed by atoms with Gasteiger partial charge in [-0.05, 0) is 24.6 Å². The molecular weight excluding hydrogens is 294 g/mol. The lowest BCUT2D eigenvalue weighted by Gasteiger charge is -2.28. The summed E-state index contributed by atoms with van der Waals surface area (Å²) >= 11 is 0. The Morgan fingerprint density at radius 1 is 1.36 bits per heavy atom. The second-order valence-corrected chi connectivity index (χ2v) is 5.36. The molecule has 1 amide bonds. The molecule has 2 N–H and O–H groups in total. The van der Waals surface area contributed by atoms with Crippen LogP contribution in [0.15, 0.2) is 12.1 Å². The topological polar surface area (TPSA) is 61.8 Å². The van der Waals surface area contributed by atoms with Gasteiger partial charge in [-0.25, -0.2) is 8.78 Å². The van der Waals surface area contributed by atoms with E-state index in [1.807, 2.05) is 4.90 Å². The summed E-state index contributed by atoms with van der Waals surface area (Å²) in [7, 11) is 0. The fourth-order valence-corrected chi connectivity index (χ4v) is 2.27. The molecule has 1 aromatic rings. The molecule has 0 spiro atoms. The number of halogens is 2. The van der Waals surface area contributed by atoms with E-state index in [4.69, 9.17) is 4.74 Å². The number of amides is 1. The average molecular weight is 314 g/mol. The van der Waals surface area contributed by atoms with Crippen LogP contribution in [0.25, 0.3) is 0 Å². The van der Waals surface area contributed by atoms with Crippen molar-refractivity contribution < 1.29 is 23.4 Å². The molecule has 1 aliphatic heterocycles. The Hall–Kier alpha value is -1.57. The highest BCUT2D eigenvalue weighted by atomic mass is 19.1. The number of hydrogen-bond donors (Lipinski definition) is 2. The van der Waals surface area contributed by atoms with Crippen LogP contribution in [0.3, 0.4) is 0 Å². The molecule has 7 heteroatoms. The van der Waals surface area contributed by atoms with Crippen LogP contribution in [0, 0.1) is 18.6 Å². The van der Waals surface area contributed by atoms with Crippen LogP contribution in [0.1, 0.15) is 15.9 Å². The van der Waals surface area contributed by atoms with Crippen molar-refractivity contribution in [2.24, 2.45) is 0 Å². The third-order valence-corrected chi connectivity index (χ3v) is 3.56. The molecule has 122 valence electrons. The summed E-state index contributed by atoms with van der Waals surface area (Å²) in [5.41, 5.74) is -0.219. The van der Waals surface area contributed by atoms with E-state index >= 15 is 0 Å². The minimum absolute atomic E-state index is 0.0227. The molecule has 1 unspecified atom stereocenters. The molecule has 1 atom stereocenters. The first-order chi connectivity index (χ1) is 10.5. The number of ether oxygens (including phenoxy) is 1. The van der Waals surface area contributed by atoms with Gasteiger partial charge in [0.05, 0.1) is 24.9 Å². The number of carbonyl (C=O) groups is 1. The van der Waals surface area contributed by atoms with Gasteiger partial charge in [0.25, 0.3) is 5.91 Å². The number of morpholine rings is 1. The number of rotatable bonds is 5. The van der Waals surface area contributed by atoms with Crippen LogP contribution in [0.2, 0.25) is 0 Å². The van der Waals surface area contributed by atoms with Crippen LogP contribution in [0.4, 0.5) is 8.78 Å². The molecule has 2 rings (SSSR count). The summed E-state index contributed by atoms with van der Waals surface area (Å²) in [5.74, 6) is -2.16. The van der Waals surface area contributed by atoms with Gasteiger partial charge in [-0.15, -0.1) is 0 Å². The molecule has 0 bridgehead atoms. The molecule has 22 heavy (non-hydrogen) atoms. The predicted molar refractivity (Wildman–Crippen MR) is 76.7 cm³/mol. The maximum Gasteiger partial charge on any atom is 0.254 e. The zero-order valence-electron chi connectivity index (χ0n) is 12.4. The van der Waals surface area contributed by atoms with E-state index in [2.05, 4.69) is 5.32 Å². The molecule has 1 heterocycles. The van der Waals surface area contributed by atoms with Gasteiger partial charge in [-0.1, -0.05) is 0 Å². The Balaban J connectivity index is 1.85. The summed E-state index contributed by atoms with van der Waals surface area (Å²) in [6, 6.07) is 1.85. The molecule has 0 radical (unpaired) electrons. The monoisotopic (exact) mass is 314 g/mol. The summed E-state index contributed by atoms with van der Waals surface area (Å²) in [6.45, 7) is 4.48. The molecule has 1 saturated heterocycles. The van der Waals surface area contributed by atoms with Crippen LogP contribution < -0.4 is 5.32 Å². The van der Waals surface area contributed by atoms with Crippen molar-refractivity contribution in [3.8, 4) is 0 Å². The first-order valence-electron chi connectivity index (χ1n) is 7.19. The van der Waals surface area contributed by atoms with Crippen molar-refractivity contribution in [2.75, 3.05) is 39.4 Å². The van der Waals surface area contributed by atoms with E-state index in [1.54, 1.807) is 0 Å². The predicted octanol–water partition coefficient (Wildman–Crippen LogP) is 0.696. The van der Waals surface area contributed by atoms with Gasteiger partial charge in [0.1, 0.15) is 11.6 Å². The Morgan fingerprint density at radius 2 is 2.05 bits per heavy atom. The van der Waals surface area contributed by atoms with E-state index in [-0.39, 0.29) is 17.7 Å². The Bertz CT molecular complexity index is 534. The van der Waals surface area contributed by atoms with Crippen LogP contribution in [-0.2, 0) is 4.74 Å². The van der Waals surface area contributed by atoms with Crippen LogP contribution in [0.5, 0.6) is 0 Å². The zero-order valence-corrected chi connectivity index (χ0v) is 12.4. The van der Waals surface area contributed by atoms with E-state index in [9.17, 15) is 18.7 Å². The minimum atomic E-state index is -0.779. The molecule has 1 fully saturated rings. The number of aliphatic hydroxyl groups is 1. The average Bonchev–Trinajstić information content (AvgIpc) is 2.49. The number of carbonyl (C=O) groups excluding carboxylic acids is 1. The quantitative estimate of drug-likeness (QED) is 0.840. The van der Waals surface area contributed by atoms with Crippen molar-refractivity contribution in [2.45, 2.75) is 13.0 Å². The van der Waals surface area contributed by atoms with Crippen molar-refractivity contribution in [3.63, 3.8) is 0 Å². The Kier molecular flexibility index (Phi) is 5.82. The SMILES string of the molecule is Cc1cc(F)c(C(=O)NCC(O)CN2CCOCC2)cc1F. The van der Waals surface area contributed by atoms with Crippen molar-refractivity contribution >= 4 is 5.91 Å². The number of aryl methyl sites for hydroxylation is 1. The second kappa shape index (κ2) is 7.62. The van der Waals surface area contributed by atoms with E-state index in [1.165, 1.54) is 6.92 Å². The van der Waals surface area contributed by atoms with Crippen LogP contribution in [-0.4, -0.2) is 61.4 Å². The number of nitrogens with one attached hydrogen (secondary N) is 1. The van der Waals surface area contributed by atoms with Crippen molar-refractivity contribution in [3.05, 3.63) is 34.9 Å². The van der Waals surface area contributed by atoms with E-state index in [0.717, 1.165) is 25.2 Å². The molecule has 0 saturated carbocycles. The molecule has 0 aromatic heterocycles. The van der Waals surface area contributed by atoms with Crippen LogP contribution >= 0.6 is 0 Å². The van der Waals surface area contributed by atoms with Gasteiger partial charge in [-0.2, -0.15) is 0 Å². The molecule has 1 aromatic carbocycles. The fourth-order valence-electron chi connectivity index (χ4n) is 2.27. The standard InChI is InChI=1S/C15H20F2N2O3/c1-10-6-14(17)12(7-13(10)16)15(21)18-8-11(20)9-19-2-4-22-5-3-19/h6-7,11,20H,2-5,8-9H2,1H3,(H,18,21). The third-order valence-electron chi connectivity index (χ3n) is 3.56. The fraction of sp³-hybridized carbons (Fsp3) is 0.533. The highest BCUT2D eigenvalue weighted by Crippen LogP contribution is 2.14. The number of aliphatic hydroxyl groups excluding tert-OH is 1. The summed E-state index contributed by atoms with van der Waals surface area (Å²) in [4.78, 5) is 13.9. The smallest absolute Gasteiger partial charge is 0.254 e. The maximum absolute atomic E-state index is 13.7. The molecule has 0 aliphatic carbocycles. The number of β-amino-alcohol motifs (C(OH)–C–C–N with tert-alkyl or cyclic N) is 1. The van der Waals surface area contributed by atoms with Gasteiger partial charge in [0.15, 0.2) is 0 Å². The van der Waals surface area contributed by atoms with Gasteiger partial charge in [0, 0.05) is 26.2 Å². The third kappa shape index (κ3) is 4.46. The van der Waals surface area contributed by atoms with Gasteiger partial charge in [-0.3, -0.25) is 9.69 Å². The molecule has 1 aliphatic rings. The van der Waals surface area contributed by atoms with E-state index < -0.39 is 23.6 Å². The van der Waals surface area contributed by atoms with Gasteiger partial charge >= 0.3 is 0 Å². The summed E-state index contributed by atoms with van der Waals surface area (Å²) in [6.07, 6.45) is -0.777. The normalized spacial score (nSPS) is 17.3. The zero-order chi connectivity index (χ0) is 16.1. The lowest BCUT2D eigenvalue weighted by Crippen LogP contribution is -2.44. The lowest BCUT2D eigenvalue weighted by atomic mass is 10.1. The Morgan fingerprint density at radius 3 is 2.73 bits per heavy atom. The van der Waals surface area contributed by atoms with Gasteiger partial charge in [0.2, 0.25) is 0 Å². The van der Waals surface area contributed by atoms with Crippen molar-refractivity contribution in [1.82, 2.24) is 10.2 Å². The minimum Gasteiger partial charge on any atom is -0.390 e. The highest BCUT2D eigenvalue weighted by molar-refractivity contribution is 5.94. The first kappa shape index (κ1) is 16.8. The molecular formula is C15H20F2N2O3. The summed E-state index contributed by atoms with van der Waals surface area (Å²) < 4.78 is 32.3. The lowest BCUT2D eigenvalue weighted by molar-refractivity contribution is 0.0149.